The third-order valence-electron chi connectivity index (χ3n) is 4.01. The molecule has 0 atom stereocenters. The van der Waals surface area contributed by atoms with Crippen LogP contribution in [0.3, 0.4) is 0 Å². The molecule has 0 unspecified atom stereocenters. The Hall–Kier alpha value is 0.310. The van der Waals surface area contributed by atoms with Crippen LogP contribution in [0.1, 0.15) is 96.3 Å². The zero-order chi connectivity index (χ0) is 14.7. The highest BCUT2D eigenvalue weighted by molar-refractivity contribution is 7.98. The fourth-order valence-corrected chi connectivity index (χ4v) is 3.15. The van der Waals surface area contributed by atoms with Gasteiger partial charge in [-0.05, 0) is 24.9 Å². The zero-order valence-corrected chi connectivity index (χ0v) is 14.7. The van der Waals surface area contributed by atoms with Crippen LogP contribution in [-0.4, -0.2) is 23.7 Å². The third-order valence-corrected chi connectivity index (χ3v) is 4.70. The van der Waals surface area contributed by atoms with Crippen LogP contribution in [0.4, 0.5) is 0 Å². The summed E-state index contributed by atoms with van der Waals surface area (Å²) in [5, 5.41) is 8.68. The van der Waals surface area contributed by atoms with Crippen LogP contribution in [-0.2, 0) is 0 Å². The molecule has 0 aliphatic carbocycles. The van der Waals surface area contributed by atoms with Gasteiger partial charge < -0.3 is 5.11 Å². The molecule has 0 saturated carbocycles. The van der Waals surface area contributed by atoms with E-state index in [-0.39, 0.29) is 0 Å². The van der Waals surface area contributed by atoms with Gasteiger partial charge in [0, 0.05) is 6.61 Å². The van der Waals surface area contributed by atoms with E-state index in [4.69, 9.17) is 5.11 Å². The van der Waals surface area contributed by atoms with Crippen LogP contribution in [0.5, 0.6) is 0 Å². The lowest BCUT2D eigenvalue weighted by molar-refractivity contribution is 0.282. The molecule has 0 aliphatic heterocycles. The van der Waals surface area contributed by atoms with Crippen LogP contribution < -0.4 is 0 Å². The van der Waals surface area contributed by atoms with Gasteiger partial charge in [0.05, 0.1) is 0 Å². The molecule has 0 amide bonds. The maximum Gasteiger partial charge on any atom is 0.0431 e. The summed E-state index contributed by atoms with van der Waals surface area (Å²) in [5.41, 5.74) is 0. The second-order valence-corrected chi connectivity index (χ2v) is 7.01. The molecule has 2 heteroatoms. The minimum absolute atomic E-state index is 0.373. The Kier molecular flexibility index (Phi) is 19.6. The van der Waals surface area contributed by atoms with Crippen molar-refractivity contribution in [2.24, 2.45) is 0 Å². The van der Waals surface area contributed by atoms with E-state index in [1.165, 1.54) is 95.6 Å². The van der Waals surface area contributed by atoms with E-state index in [1.54, 1.807) is 0 Å². The summed E-state index contributed by atoms with van der Waals surface area (Å²) in [4.78, 5) is 0. The van der Waals surface area contributed by atoms with Crippen molar-refractivity contribution in [1.29, 1.82) is 0 Å². The van der Waals surface area contributed by atoms with Crippen molar-refractivity contribution in [3.8, 4) is 0 Å². The molecule has 1 nitrogen and oxygen atoms in total. The fourth-order valence-electron chi connectivity index (χ4n) is 2.66. The summed E-state index contributed by atoms with van der Waals surface area (Å²) < 4.78 is 0. The van der Waals surface area contributed by atoms with E-state index in [0.717, 1.165) is 6.42 Å². The standard InChI is InChI=1S/C18H38OS/c1-20-18-16-14-12-10-8-6-4-2-3-5-7-9-11-13-15-17-19/h19H,2-18H2,1H3. The quantitative estimate of drug-likeness (QED) is 0.323. The molecule has 0 aromatic carbocycles. The first-order chi connectivity index (χ1) is 9.91. The summed E-state index contributed by atoms with van der Waals surface area (Å²) in [6.45, 7) is 0.373. The third kappa shape index (κ3) is 18.3. The first-order valence-electron chi connectivity index (χ1n) is 9.01. The Labute approximate surface area is 132 Å². The topological polar surface area (TPSA) is 20.2 Å². The zero-order valence-electron chi connectivity index (χ0n) is 13.9. The number of aliphatic hydroxyl groups is 1. The maximum absolute atomic E-state index is 8.68. The van der Waals surface area contributed by atoms with Crippen molar-refractivity contribution >= 4 is 11.8 Å². The summed E-state index contributed by atoms with van der Waals surface area (Å²) in [5.74, 6) is 1.35. The number of hydrogen-bond acceptors (Lipinski definition) is 2. The number of thioether (sulfide) groups is 1. The maximum atomic E-state index is 8.68. The number of rotatable bonds is 17. The van der Waals surface area contributed by atoms with Crippen molar-refractivity contribution in [3.05, 3.63) is 0 Å². The van der Waals surface area contributed by atoms with Gasteiger partial charge in [0.25, 0.3) is 0 Å². The molecule has 20 heavy (non-hydrogen) atoms. The molecular weight excluding hydrogens is 264 g/mol. The van der Waals surface area contributed by atoms with E-state index in [0.29, 0.717) is 6.61 Å². The van der Waals surface area contributed by atoms with Crippen LogP contribution in [0.15, 0.2) is 0 Å². The molecule has 0 rings (SSSR count). The Balaban J connectivity index is 2.89. The average molecular weight is 303 g/mol. The van der Waals surface area contributed by atoms with Crippen LogP contribution in [0.25, 0.3) is 0 Å². The van der Waals surface area contributed by atoms with Crippen LogP contribution >= 0.6 is 11.8 Å². The van der Waals surface area contributed by atoms with Gasteiger partial charge in [0.2, 0.25) is 0 Å². The van der Waals surface area contributed by atoms with Gasteiger partial charge in [-0.1, -0.05) is 83.5 Å². The van der Waals surface area contributed by atoms with E-state index in [1.807, 2.05) is 11.8 Å². The Morgan fingerprint density at radius 1 is 0.500 bits per heavy atom. The molecular formula is C18H38OS. The molecule has 0 saturated heterocycles. The molecule has 0 bridgehead atoms. The second kappa shape index (κ2) is 19.3. The lowest BCUT2D eigenvalue weighted by atomic mass is 10.0. The Morgan fingerprint density at radius 3 is 1.10 bits per heavy atom. The van der Waals surface area contributed by atoms with Crippen molar-refractivity contribution < 1.29 is 5.11 Å². The Morgan fingerprint density at radius 2 is 0.800 bits per heavy atom. The second-order valence-electron chi connectivity index (χ2n) is 6.02. The van der Waals surface area contributed by atoms with Crippen LogP contribution in [0.2, 0.25) is 0 Å². The summed E-state index contributed by atoms with van der Waals surface area (Å²) in [6.07, 6.45) is 23.0. The predicted molar refractivity (Wildman–Crippen MR) is 94.7 cm³/mol. The molecule has 0 aromatic rings. The summed E-state index contributed by atoms with van der Waals surface area (Å²) >= 11 is 1.98. The van der Waals surface area contributed by atoms with E-state index in [2.05, 4.69) is 6.26 Å². The highest BCUT2D eigenvalue weighted by Crippen LogP contribution is 2.13. The smallest absolute Gasteiger partial charge is 0.0431 e. The van der Waals surface area contributed by atoms with Gasteiger partial charge in [0.15, 0.2) is 0 Å². The molecule has 0 radical (unpaired) electrons. The minimum Gasteiger partial charge on any atom is -0.396 e. The van der Waals surface area contributed by atoms with Crippen molar-refractivity contribution in [3.63, 3.8) is 0 Å². The normalized spacial score (nSPS) is 11.1. The Bertz CT molecular complexity index is 143. The average Bonchev–Trinajstić information content (AvgIpc) is 2.47. The van der Waals surface area contributed by atoms with Crippen molar-refractivity contribution in [2.45, 2.75) is 96.3 Å². The van der Waals surface area contributed by atoms with Crippen molar-refractivity contribution in [1.82, 2.24) is 0 Å². The van der Waals surface area contributed by atoms with Gasteiger partial charge in [-0.15, -0.1) is 0 Å². The molecule has 122 valence electrons. The highest BCUT2D eigenvalue weighted by atomic mass is 32.2. The van der Waals surface area contributed by atoms with Gasteiger partial charge in [-0.25, -0.2) is 0 Å². The first-order valence-corrected chi connectivity index (χ1v) is 10.4. The SMILES string of the molecule is CSCCCCCCCCCCCCCCCCCO. The monoisotopic (exact) mass is 302 g/mol. The fraction of sp³-hybridized carbons (Fsp3) is 1.00. The minimum atomic E-state index is 0.373. The highest BCUT2D eigenvalue weighted by Gasteiger charge is 1.94. The molecule has 0 fully saturated rings. The number of aliphatic hydroxyl groups excluding tert-OH is 1. The van der Waals surface area contributed by atoms with Crippen molar-refractivity contribution in [2.75, 3.05) is 18.6 Å². The summed E-state index contributed by atoms with van der Waals surface area (Å²) in [6, 6.07) is 0. The van der Waals surface area contributed by atoms with Gasteiger partial charge in [0.1, 0.15) is 0 Å². The lowest BCUT2D eigenvalue weighted by Gasteiger charge is -2.03. The van der Waals surface area contributed by atoms with E-state index in [9.17, 15) is 0 Å². The first kappa shape index (κ1) is 20.3. The van der Waals surface area contributed by atoms with E-state index >= 15 is 0 Å². The lowest BCUT2D eigenvalue weighted by Crippen LogP contribution is -1.85. The molecule has 1 N–H and O–H groups in total. The van der Waals surface area contributed by atoms with Gasteiger partial charge in [-0.3, -0.25) is 0 Å². The largest absolute Gasteiger partial charge is 0.396 e. The van der Waals surface area contributed by atoms with Crippen LogP contribution in [0, 0.1) is 0 Å². The molecule has 0 heterocycles. The van der Waals surface area contributed by atoms with E-state index < -0.39 is 0 Å². The number of hydrogen-bond donors (Lipinski definition) is 1. The molecule has 0 aliphatic rings. The van der Waals surface area contributed by atoms with Gasteiger partial charge >= 0.3 is 0 Å². The molecule has 0 aromatic heterocycles. The molecule has 0 spiro atoms. The summed E-state index contributed by atoms with van der Waals surface area (Å²) in [7, 11) is 0. The predicted octanol–water partition coefficient (Wildman–Crippen LogP) is 6.19. The number of unbranched alkanes of at least 4 members (excludes halogenated alkanes) is 14. The van der Waals surface area contributed by atoms with Gasteiger partial charge in [-0.2, -0.15) is 11.8 Å².